The molecular weight excluding hydrogens is 439 g/mol. The summed E-state index contributed by atoms with van der Waals surface area (Å²) in [6.07, 6.45) is 7.21. The lowest BCUT2D eigenvalue weighted by Gasteiger charge is -2.37. The summed E-state index contributed by atoms with van der Waals surface area (Å²) in [6.45, 7) is 1.71. The maximum absolute atomic E-state index is 13.6. The minimum absolute atomic E-state index is 0.0216. The zero-order chi connectivity index (χ0) is 22.8. The Kier molecular flexibility index (Phi) is 6.67. The van der Waals surface area contributed by atoms with E-state index in [4.69, 9.17) is 4.74 Å². The quantitative estimate of drug-likeness (QED) is 0.556. The van der Waals surface area contributed by atoms with Crippen molar-refractivity contribution in [3.05, 3.63) is 52.0 Å². The smallest absolute Gasteiger partial charge is 0.242 e. The van der Waals surface area contributed by atoms with Crippen molar-refractivity contribution in [2.75, 3.05) is 26.2 Å². The van der Waals surface area contributed by atoms with Gasteiger partial charge in [-0.15, -0.1) is 11.3 Å². The van der Waals surface area contributed by atoms with Crippen LogP contribution in [0.5, 0.6) is 5.75 Å². The zero-order valence-corrected chi connectivity index (χ0v) is 19.7. The van der Waals surface area contributed by atoms with Crippen LogP contribution in [-0.2, 0) is 16.0 Å². The molecule has 1 unspecified atom stereocenters. The van der Waals surface area contributed by atoms with E-state index >= 15 is 0 Å². The molecule has 2 fully saturated rings. The van der Waals surface area contributed by atoms with Crippen molar-refractivity contribution in [2.24, 2.45) is 11.8 Å². The van der Waals surface area contributed by atoms with Crippen molar-refractivity contribution in [3.63, 3.8) is 0 Å². The van der Waals surface area contributed by atoms with E-state index in [0.717, 1.165) is 50.5 Å². The summed E-state index contributed by atoms with van der Waals surface area (Å²) in [5.41, 5.74) is 1.10. The maximum Gasteiger partial charge on any atom is 0.242 e. The Balaban J connectivity index is 1.31. The van der Waals surface area contributed by atoms with Crippen LogP contribution in [0.25, 0.3) is 0 Å². The lowest BCUT2D eigenvalue weighted by atomic mass is 10.00. The topological polar surface area (TPSA) is 49.9 Å². The standard InChI is InChI=1S/C26H31FN2O3S/c27-20-6-3-7-21(14-20)32-17-23-22-11-13-33-24(22)10-12-29(23)25(30)16-28(15-18-8-9-18)26(31)19-4-1-2-5-19/h3,6-7,11,13-14,18-19,23H,1-2,4-5,8-10,12,15-17H2. The van der Waals surface area contributed by atoms with Crippen molar-refractivity contribution in [3.8, 4) is 5.75 Å². The number of ether oxygens (including phenoxy) is 1. The Morgan fingerprint density at radius 2 is 1.97 bits per heavy atom. The highest BCUT2D eigenvalue weighted by atomic mass is 32.1. The van der Waals surface area contributed by atoms with E-state index < -0.39 is 0 Å². The molecule has 3 aliphatic rings. The number of nitrogens with zero attached hydrogens (tertiary/aromatic N) is 2. The molecule has 2 heterocycles. The Bertz CT molecular complexity index is 999. The number of fused-ring (bicyclic) bond motifs is 1. The van der Waals surface area contributed by atoms with Crippen LogP contribution in [0.15, 0.2) is 35.7 Å². The third kappa shape index (κ3) is 5.24. The highest BCUT2D eigenvalue weighted by Gasteiger charge is 2.36. The Labute approximate surface area is 198 Å². The SMILES string of the molecule is O=C(C1CCCC1)N(CC(=O)N1CCc2sccc2C1COc1cccc(F)c1)CC1CC1. The van der Waals surface area contributed by atoms with Gasteiger partial charge in [-0.25, -0.2) is 4.39 Å². The van der Waals surface area contributed by atoms with Gasteiger partial charge < -0.3 is 14.5 Å². The van der Waals surface area contributed by atoms with Crippen LogP contribution in [0.2, 0.25) is 0 Å². The fourth-order valence-electron chi connectivity index (χ4n) is 5.14. The van der Waals surface area contributed by atoms with Crippen LogP contribution in [0.1, 0.15) is 55.0 Å². The van der Waals surface area contributed by atoms with E-state index in [1.165, 1.54) is 17.0 Å². The molecule has 1 aliphatic heterocycles. The lowest BCUT2D eigenvalue weighted by Crippen LogP contribution is -2.49. The van der Waals surface area contributed by atoms with Gasteiger partial charge in [0.15, 0.2) is 0 Å². The second kappa shape index (κ2) is 9.84. The van der Waals surface area contributed by atoms with Crippen LogP contribution in [0.4, 0.5) is 4.39 Å². The molecule has 2 aliphatic carbocycles. The number of carbonyl (C=O) groups excluding carboxylic acids is 2. The average Bonchev–Trinajstić information content (AvgIpc) is 3.26. The first kappa shape index (κ1) is 22.4. The minimum Gasteiger partial charge on any atom is -0.491 e. The molecule has 176 valence electrons. The van der Waals surface area contributed by atoms with Crippen molar-refractivity contribution < 1.29 is 18.7 Å². The Morgan fingerprint density at radius 3 is 2.73 bits per heavy atom. The third-order valence-electron chi connectivity index (χ3n) is 7.14. The van der Waals surface area contributed by atoms with E-state index in [1.807, 2.05) is 9.80 Å². The van der Waals surface area contributed by atoms with Gasteiger partial charge in [-0.1, -0.05) is 18.9 Å². The van der Waals surface area contributed by atoms with Gasteiger partial charge in [0.1, 0.15) is 18.2 Å². The predicted octanol–water partition coefficient (Wildman–Crippen LogP) is 4.82. The molecule has 5 rings (SSSR count). The summed E-state index contributed by atoms with van der Waals surface area (Å²) in [5, 5.41) is 2.05. The molecule has 2 aromatic rings. The summed E-state index contributed by atoms with van der Waals surface area (Å²) in [5.74, 6) is 0.867. The minimum atomic E-state index is -0.346. The van der Waals surface area contributed by atoms with Gasteiger partial charge in [0, 0.05) is 30.0 Å². The maximum atomic E-state index is 13.6. The highest BCUT2D eigenvalue weighted by molar-refractivity contribution is 7.10. The number of carbonyl (C=O) groups is 2. The van der Waals surface area contributed by atoms with E-state index in [1.54, 1.807) is 23.5 Å². The van der Waals surface area contributed by atoms with Crippen molar-refractivity contribution in [1.82, 2.24) is 9.80 Å². The molecule has 1 aromatic carbocycles. The van der Waals surface area contributed by atoms with Gasteiger partial charge in [0.25, 0.3) is 0 Å². The molecule has 0 N–H and O–H groups in total. The number of thiophene rings is 1. The van der Waals surface area contributed by atoms with Gasteiger partial charge in [-0.3, -0.25) is 9.59 Å². The number of amides is 2. The highest BCUT2D eigenvalue weighted by Crippen LogP contribution is 2.35. The molecule has 0 bridgehead atoms. The number of halogens is 1. The molecule has 1 atom stereocenters. The largest absolute Gasteiger partial charge is 0.491 e. The molecule has 1 aromatic heterocycles. The molecule has 0 saturated heterocycles. The van der Waals surface area contributed by atoms with Gasteiger partial charge in [-0.05, 0) is 67.2 Å². The van der Waals surface area contributed by atoms with Crippen molar-refractivity contribution >= 4 is 23.2 Å². The summed E-state index contributed by atoms with van der Waals surface area (Å²) >= 11 is 1.70. The fourth-order valence-corrected chi connectivity index (χ4v) is 6.06. The van der Waals surface area contributed by atoms with Crippen LogP contribution in [0, 0.1) is 17.7 Å². The Morgan fingerprint density at radius 1 is 1.15 bits per heavy atom. The molecule has 0 spiro atoms. The van der Waals surface area contributed by atoms with Gasteiger partial charge >= 0.3 is 0 Å². The molecule has 7 heteroatoms. The zero-order valence-electron chi connectivity index (χ0n) is 18.9. The van der Waals surface area contributed by atoms with Gasteiger partial charge in [-0.2, -0.15) is 0 Å². The van der Waals surface area contributed by atoms with Crippen LogP contribution >= 0.6 is 11.3 Å². The van der Waals surface area contributed by atoms with E-state index in [0.29, 0.717) is 24.8 Å². The number of hydrogen-bond acceptors (Lipinski definition) is 4. The van der Waals surface area contributed by atoms with E-state index in [9.17, 15) is 14.0 Å². The van der Waals surface area contributed by atoms with Crippen LogP contribution in [-0.4, -0.2) is 47.9 Å². The van der Waals surface area contributed by atoms with Crippen molar-refractivity contribution in [1.29, 1.82) is 0 Å². The molecule has 5 nitrogen and oxygen atoms in total. The molecular formula is C26H31FN2O3S. The first-order valence-corrected chi connectivity index (χ1v) is 13.0. The first-order valence-electron chi connectivity index (χ1n) is 12.1. The first-order chi connectivity index (χ1) is 16.1. The average molecular weight is 471 g/mol. The second-order valence-electron chi connectivity index (χ2n) is 9.56. The predicted molar refractivity (Wildman–Crippen MR) is 126 cm³/mol. The monoisotopic (exact) mass is 470 g/mol. The fraction of sp³-hybridized carbons (Fsp3) is 0.538. The summed E-state index contributed by atoms with van der Waals surface area (Å²) in [6, 6.07) is 7.92. The van der Waals surface area contributed by atoms with Crippen molar-refractivity contribution in [2.45, 2.75) is 51.0 Å². The number of rotatable bonds is 8. The molecule has 2 saturated carbocycles. The summed E-state index contributed by atoms with van der Waals surface area (Å²) < 4.78 is 19.5. The summed E-state index contributed by atoms with van der Waals surface area (Å²) in [7, 11) is 0. The van der Waals surface area contributed by atoms with Crippen LogP contribution < -0.4 is 4.74 Å². The number of hydrogen-bond donors (Lipinski definition) is 0. The van der Waals surface area contributed by atoms with E-state index in [-0.39, 0.29) is 42.7 Å². The summed E-state index contributed by atoms with van der Waals surface area (Å²) in [4.78, 5) is 31.7. The van der Waals surface area contributed by atoms with Gasteiger partial charge in [0.05, 0.1) is 12.6 Å². The Hall–Kier alpha value is -2.41. The normalized spacial score (nSPS) is 20.5. The lowest BCUT2D eigenvalue weighted by molar-refractivity contribution is -0.145. The molecule has 33 heavy (non-hydrogen) atoms. The third-order valence-corrected chi connectivity index (χ3v) is 8.13. The van der Waals surface area contributed by atoms with Crippen LogP contribution in [0.3, 0.4) is 0 Å². The second-order valence-corrected chi connectivity index (χ2v) is 10.6. The molecule has 0 radical (unpaired) electrons. The number of benzene rings is 1. The molecule has 2 amide bonds. The van der Waals surface area contributed by atoms with E-state index in [2.05, 4.69) is 11.4 Å². The van der Waals surface area contributed by atoms with Gasteiger partial charge in [0.2, 0.25) is 11.8 Å².